The van der Waals surface area contributed by atoms with Crippen LogP contribution in [0.25, 0.3) is 0 Å². The molecule has 0 aromatic heterocycles. The van der Waals surface area contributed by atoms with E-state index in [0.717, 1.165) is 11.6 Å². The number of hydrogen-bond donors (Lipinski definition) is 2. The SMILES string of the molecule is CCOc1ccc(CCNC(=O)CNC(=O)c2cccc(F)c2)cc1OCC. The third-order valence-corrected chi connectivity index (χ3v) is 3.84. The maximum absolute atomic E-state index is 13.1. The molecule has 2 rings (SSSR count). The van der Waals surface area contributed by atoms with Crippen LogP contribution in [0, 0.1) is 5.82 Å². The third-order valence-electron chi connectivity index (χ3n) is 3.84. The van der Waals surface area contributed by atoms with Crippen LogP contribution in [0.15, 0.2) is 42.5 Å². The van der Waals surface area contributed by atoms with E-state index >= 15 is 0 Å². The first kappa shape index (κ1) is 21.2. The number of carbonyl (C=O) groups excluding carboxylic acids is 2. The monoisotopic (exact) mass is 388 g/mol. The van der Waals surface area contributed by atoms with Crippen molar-refractivity contribution in [1.29, 1.82) is 0 Å². The molecule has 7 heteroatoms. The summed E-state index contributed by atoms with van der Waals surface area (Å²) < 4.78 is 24.2. The van der Waals surface area contributed by atoms with E-state index in [9.17, 15) is 14.0 Å². The Morgan fingerprint density at radius 3 is 2.43 bits per heavy atom. The first-order valence-corrected chi connectivity index (χ1v) is 9.22. The normalized spacial score (nSPS) is 10.2. The van der Waals surface area contributed by atoms with Gasteiger partial charge >= 0.3 is 0 Å². The molecule has 2 aromatic carbocycles. The van der Waals surface area contributed by atoms with E-state index in [1.165, 1.54) is 18.2 Å². The molecule has 0 spiro atoms. The van der Waals surface area contributed by atoms with E-state index in [-0.39, 0.29) is 18.0 Å². The Bertz CT molecular complexity index is 811. The number of hydrogen-bond acceptors (Lipinski definition) is 4. The molecule has 0 heterocycles. The molecule has 2 aromatic rings. The summed E-state index contributed by atoms with van der Waals surface area (Å²) in [7, 11) is 0. The molecule has 0 aliphatic heterocycles. The fourth-order valence-corrected chi connectivity index (χ4v) is 2.55. The zero-order valence-electron chi connectivity index (χ0n) is 16.1. The van der Waals surface area contributed by atoms with E-state index in [2.05, 4.69) is 10.6 Å². The van der Waals surface area contributed by atoms with Crippen LogP contribution in [0.5, 0.6) is 11.5 Å². The van der Waals surface area contributed by atoms with Gasteiger partial charge in [0.25, 0.3) is 5.91 Å². The van der Waals surface area contributed by atoms with Gasteiger partial charge in [-0.3, -0.25) is 9.59 Å². The Hall–Kier alpha value is -3.09. The second-order valence-corrected chi connectivity index (χ2v) is 5.94. The number of halogens is 1. The lowest BCUT2D eigenvalue weighted by molar-refractivity contribution is -0.120. The first-order chi connectivity index (χ1) is 13.5. The maximum atomic E-state index is 13.1. The minimum absolute atomic E-state index is 0.172. The Labute approximate surface area is 164 Å². The smallest absolute Gasteiger partial charge is 0.251 e. The van der Waals surface area contributed by atoms with Gasteiger partial charge in [0.2, 0.25) is 5.91 Å². The summed E-state index contributed by atoms with van der Waals surface area (Å²) in [5.41, 5.74) is 1.17. The van der Waals surface area contributed by atoms with E-state index in [1.807, 2.05) is 32.0 Å². The second-order valence-electron chi connectivity index (χ2n) is 5.94. The van der Waals surface area contributed by atoms with Gasteiger partial charge in [-0.15, -0.1) is 0 Å². The van der Waals surface area contributed by atoms with Gasteiger partial charge in [0, 0.05) is 12.1 Å². The second kappa shape index (κ2) is 10.9. The van der Waals surface area contributed by atoms with Gasteiger partial charge < -0.3 is 20.1 Å². The van der Waals surface area contributed by atoms with Crippen molar-refractivity contribution in [2.75, 3.05) is 26.3 Å². The predicted molar refractivity (Wildman–Crippen MR) is 104 cm³/mol. The van der Waals surface area contributed by atoms with Crippen molar-refractivity contribution < 1.29 is 23.5 Å². The topological polar surface area (TPSA) is 76.7 Å². The summed E-state index contributed by atoms with van der Waals surface area (Å²) in [6.07, 6.45) is 0.607. The van der Waals surface area contributed by atoms with Crippen molar-refractivity contribution in [1.82, 2.24) is 10.6 Å². The van der Waals surface area contributed by atoms with Crippen LogP contribution in [0.3, 0.4) is 0 Å². The van der Waals surface area contributed by atoms with Gasteiger partial charge in [0.15, 0.2) is 11.5 Å². The van der Waals surface area contributed by atoms with Crippen molar-refractivity contribution >= 4 is 11.8 Å². The molecule has 0 unspecified atom stereocenters. The number of carbonyl (C=O) groups is 2. The van der Waals surface area contributed by atoms with Gasteiger partial charge in [-0.05, 0) is 56.2 Å². The standard InChI is InChI=1S/C21H25FN2O4/c1-3-27-18-9-8-15(12-19(18)28-4-2)10-11-23-20(25)14-24-21(26)16-6-5-7-17(22)13-16/h5-9,12-13H,3-4,10-11,14H2,1-2H3,(H,23,25)(H,24,26). The van der Waals surface area contributed by atoms with E-state index in [1.54, 1.807) is 0 Å². The highest BCUT2D eigenvalue weighted by molar-refractivity contribution is 5.96. The molecule has 0 fully saturated rings. The fourth-order valence-electron chi connectivity index (χ4n) is 2.55. The van der Waals surface area contributed by atoms with Crippen molar-refractivity contribution in [3.8, 4) is 11.5 Å². The summed E-state index contributed by atoms with van der Waals surface area (Å²) in [6, 6.07) is 11.0. The van der Waals surface area contributed by atoms with Gasteiger partial charge in [-0.25, -0.2) is 4.39 Å². The quantitative estimate of drug-likeness (QED) is 0.656. The molecule has 0 atom stereocenters. The lowest BCUT2D eigenvalue weighted by Gasteiger charge is -2.12. The third kappa shape index (κ3) is 6.57. The molecule has 2 amide bonds. The number of rotatable bonds is 10. The number of nitrogens with one attached hydrogen (secondary N) is 2. The maximum Gasteiger partial charge on any atom is 0.251 e. The molecule has 0 saturated heterocycles. The van der Waals surface area contributed by atoms with Crippen LogP contribution in [-0.2, 0) is 11.2 Å². The van der Waals surface area contributed by atoms with Crippen molar-refractivity contribution in [3.63, 3.8) is 0 Å². The Morgan fingerprint density at radius 1 is 0.964 bits per heavy atom. The van der Waals surface area contributed by atoms with Gasteiger partial charge in [0.05, 0.1) is 19.8 Å². The van der Waals surface area contributed by atoms with E-state index in [4.69, 9.17) is 9.47 Å². The number of benzene rings is 2. The highest BCUT2D eigenvalue weighted by Crippen LogP contribution is 2.28. The molecule has 0 aliphatic rings. The fraction of sp³-hybridized carbons (Fsp3) is 0.333. The summed E-state index contributed by atoms with van der Waals surface area (Å²) in [4.78, 5) is 23.8. The van der Waals surface area contributed by atoms with Gasteiger partial charge in [0.1, 0.15) is 5.82 Å². The lowest BCUT2D eigenvalue weighted by Crippen LogP contribution is -2.37. The molecule has 150 valence electrons. The van der Waals surface area contributed by atoms with Crippen molar-refractivity contribution in [3.05, 3.63) is 59.4 Å². The molecule has 2 N–H and O–H groups in total. The van der Waals surface area contributed by atoms with Crippen LogP contribution < -0.4 is 20.1 Å². The van der Waals surface area contributed by atoms with Crippen LogP contribution in [0.4, 0.5) is 4.39 Å². The number of ether oxygens (including phenoxy) is 2. The van der Waals surface area contributed by atoms with E-state index < -0.39 is 11.7 Å². The largest absolute Gasteiger partial charge is 0.490 e. The highest BCUT2D eigenvalue weighted by atomic mass is 19.1. The van der Waals surface area contributed by atoms with Crippen LogP contribution >= 0.6 is 0 Å². The molecular weight excluding hydrogens is 363 g/mol. The minimum Gasteiger partial charge on any atom is -0.490 e. The Balaban J connectivity index is 1.78. The molecule has 28 heavy (non-hydrogen) atoms. The van der Waals surface area contributed by atoms with Crippen LogP contribution in [0.2, 0.25) is 0 Å². The lowest BCUT2D eigenvalue weighted by atomic mass is 10.1. The minimum atomic E-state index is -0.501. The van der Waals surface area contributed by atoms with Gasteiger partial charge in [-0.2, -0.15) is 0 Å². The molecule has 6 nitrogen and oxygen atoms in total. The van der Waals surface area contributed by atoms with Crippen LogP contribution in [-0.4, -0.2) is 38.1 Å². The molecule has 0 saturated carbocycles. The van der Waals surface area contributed by atoms with Crippen molar-refractivity contribution in [2.24, 2.45) is 0 Å². The zero-order chi connectivity index (χ0) is 20.4. The summed E-state index contributed by atoms with van der Waals surface area (Å²) >= 11 is 0. The van der Waals surface area contributed by atoms with Crippen molar-refractivity contribution in [2.45, 2.75) is 20.3 Å². The summed E-state index contributed by atoms with van der Waals surface area (Å²) in [5.74, 6) is 0.0508. The van der Waals surface area contributed by atoms with E-state index in [0.29, 0.717) is 37.7 Å². The predicted octanol–water partition coefficient (Wildman–Crippen LogP) is 2.71. The Kier molecular flexibility index (Phi) is 8.27. The zero-order valence-corrected chi connectivity index (χ0v) is 16.1. The Morgan fingerprint density at radius 2 is 1.71 bits per heavy atom. The highest BCUT2D eigenvalue weighted by Gasteiger charge is 2.09. The molecular formula is C21H25FN2O4. The molecule has 0 bridgehead atoms. The van der Waals surface area contributed by atoms with Gasteiger partial charge in [-0.1, -0.05) is 12.1 Å². The average Bonchev–Trinajstić information content (AvgIpc) is 2.68. The molecule has 0 aliphatic carbocycles. The summed E-state index contributed by atoms with van der Waals surface area (Å²) in [5, 5.41) is 5.21. The van der Waals surface area contributed by atoms with Crippen LogP contribution in [0.1, 0.15) is 29.8 Å². The average molecular weight is 388 g/mol. The number of amides is 2. The first-order valence-electron chi connectivity index (χ1n) is 9.22. The molecule has 0 radical (unpaired) electrons. The summed E-state index contributed by atoms with van der Waals surface area (Å²) in [6.45, 7) is 5.13.